The van der Waals surface area contributed by atoms with Gasteiger partial charge in [0.2, 0.25) is 0 Å². The van der Waals surface area contributed by atoms with Gasteiger partial charge >= 0.3 is 0 Å². The van der Waals surface area contributed by atoms with E-state index < -0.39 is 0 Å². The Bertz CT molecular complexity index is 186. The first-order valence-electron chi connectivity index (χ1n) is 7.35. The second-order valence-corrected chi connectivity index (χ2v) is 4.98. The number of nitrogens with zero attached hydrogens (tertiary/aromatic N) is 1. The average Bonchev–Trinajstić information content (AvgIpc) is 2.36. The SMILES string of the molecule is CCCCCCCCCCCCC(C#N)CO. The van der Waals surface area contributed by atoms with Crippen LogP contribution in [0.4, 0.5) is 0 Å². The molecule has 2 heteroatoms. The van der Waals surface area contributed by atoms with Gasteiger partial charge < -0.3 is 5.11 Å². The number of hydrogen-bond donors (Lipinski definition) is 1. The minimum atomic E-state index is -0.135. The van der Waals surface area contributed by atoms with E-state index in [0.29, 0.717) is 0 Å². The summed E-state index contributed by atoms with van der Waals surface area (Å²) in [4.78, 5) is 0. The van der Waals surface area contributed by atoms with Gasteiger partial charge in [0.25, 0.3) is 0 Å². The molecule has 1 atom stereocenters. The molecule has 0 saturated heterocycles. The van der Waals surface area contributed by atoms with E-state index in [1.54, 1.807) is 0 Å². The Morgan fingerprint density at radius 1 is 0.882 bits per heavy atom. The summed E-state index contributed by atoms with van der Waals surface area (Å²) in [6, 6.07) is 2.13. The number of nitriles is 1. The van der Waals surface area contributed by atoms with Crippen molar-refractivity contribution in [2.24, 2.45) is 5.92 Å². The lowest BCUT2D eigenvalue weighted by Gasteiger charge is -2.05. The van der Waals surface area contributed by atoms with E-state index in [9.17, 15) is 0 Å². The predicted molar refractivity (Wildman–Crippen MR) is 72.6 cm³/mol. The van der Waals surface area contributed by atoms with Crippen molar-refractivity contribution in [2.45, 2.75) is 77.6 Å². The Balaban J connectivity index is 3.06. The molecule has 0 rings (SSSR count). The van der Waals surface area contributed by atoms with E-state index in [0.717, 1.165) is 12.8 Å². The van der Waals surface area contributed by atoms with Gasteiger partial charge in [-0.2, -0.15) is 5.26 Å². The van der Waals surface area contributed by atoms with Crippen molar-refractivity contribution in [3.05, 3.63) is 0 Å². The summed E-state index contributed by atoms with van der Waals surface area (Å²) in [5.41, 5.74) is 0. The number of rotatable bonds is 12. The molecule has 0 aliphatic heterocycles. The van der Waals surface area contributed by atoms with Crippen molar-refractivity contribution in [2.75, 3.05) is 6.61 Å². The van der Waals surface area contributed by atoms with Crippen molar-refractivity contribution >= 4 is 0 Å². The Morgan fingerprint density at radius 3 is 1.76 bits per heavy atom. The van der Waals surface area contributed by atoms with Crippen LogP contribution in [0.25, 0.3) is 0 Å². The van der Waals surface area contributed by atoms with Gasteiger partial charge in [-0.3, -0.25) is 0 Å². The van der Waals surface area contributed by atoms with E-state index in [4.69, 9.17) is 10.4 Å². The summed E-state index contributed by atoms with van der Waals surface area (Å²) in [5.74, 6) is -0.135. The van der Waals surface area contributed by atoms with E-state index in [1.165, 1.54) is 57.8 Å². The fourth-order valence-corrected chi connectivity index (χ4v) is 2.07. The van der Waals surface area contributed by atoms with Crippen molar-refractivity contribution < 1.29 is 5.11 Å². The highest BCUT2D eigenvalue weighted by Gasteiger charge is 2.03. The lowest BCUT2D eigenvalue weighted by atomic mass is 10.0. The molecule has 0 aromatic rings. The largest absolute Gasteiger partial charge is 0.395 e. The first kappa shape index (κ1) is 16.4. The van der Waals surface area contributed by atoms with Crippen LogP contribution in [0, 0.1) is 17.2 Å². The molecule has 0 fully saturated rings. The lowest BCUT2D eigenvalue weighted by molar-refractivity contribution is 0.247. The number of aliphatic hydroxyl groups excluding tert-OH is 1. The van der Waals surface area contributed by atoms with Gasteiger partial charge in [0, 0.05) is 0 Å². The average molecular weight is 239 g/mol. The molecule has 0 radical (unpaired) electrons. The smallest absolute Gasteiger partial charge is 0.0694 e. The van der Waals surface area contributed by atoms with Gasteiger partial charge in [-0.1, -0.05) is 71.1 Å². The summed E-state index contributed by atoms with van der Waals surface area (Å²) in [7, 11) is 0. The maximum absolute atomic E-state index is 8.85. The highest BCUT2D eigenvalue weighted by Crippen LogP contribution is 2.13. The van der Waals surface area contributed by atoms with E-state index in [2.05, 4.69) is 13.0 Å². The third-order valence-electron chi connectivity index (χ3n) is 3.31. The second-order valence-electron chi connectivity index (χ2n) is 4.98. The summed E-state index contributed by atoms with van der Waals surface area (Å²) >= 11 is 0. The zero-order valence-corrected chi connectivity index (χ0v) is 11.5. The highest BCUT2D eigenvalue weighted by molar-refractivity contribution is 4.81. The Labute approximate surface area is 107 Å². The van der Waals surface area contributed by atoms with Crippen LogP contribution in [0.2, 0.25) is 0 Å². The van der Waals surface area contributed by atoms with Crippen LogP contribution >= 0.6 is 0 Å². The summed E-state index contributed by atoms with van der Waals surface area (Å²) < 4.78 is 0. The zero-order chi connectivity index (χ0) is 12.8. The third-order valence-corrected chi connectivity index (χ3v) is 3.31. The number of unbranched alkanes of at least 4 members (excludes halogenated alkanes) is 9. The molecule has 0 aromatic carbocycles. The van der Waals surface area contributed by atoms with Crippen molar-refractivity contribution in [1.82, 2.24) is 0 Å². The predicted octanol–water partition coefficient (Wildman–Crippen LogP) is 4.43. The maximum Gasteiger partial charge on any atom is 0.0694 e. The number of aliphatic hydroxyl groups is 1. The molecule has 0 aliphatic carbocycles. The first-order valence-corrected chi connectivity index (χ1v) is 7.35. The van der Waals surface area contributed by atoms with Gasteiger partial charge in [-0.25, -0.2) is 0 Å². The molecule has 1 N–H and O–H groups in total. The molecule has 0 bridgehead atoms. The molecule has 0 saturated carbocycles. The highest BCUT2D eigenvalue weighted by atomic mass is 16.3. The van der Waals surface area contributed by atoms with Crippen molar-refractivity contribution in [3.63, 3.8) is 0 Å². The molecule has 0 aromatic heterocycles. The van der Waals surface area contributed by atoms with Crippen LogP contribution < -0.4 is 0 Å². The summed E-state index contributed by atoms with van der Waals surface area (Å²) in [6.45, 7) is 2.27. The molecule has 0 amide bonds. The Morgan fingerprint density at radius 2 is 1.35 bits per heavy atom. The molecule has 2 nitrogen and oxygen atoms in total. The van der Waals surface area contributed by atoms with Crippen molar-refractivity contribution in [3.8, 4) is 6.07 Å². The molecule has 0 heterocycles. The molecule has 0 aliphatic rings. The van der Waals surface area contributed by atoms with Gasteiger partial charge in [-0.05, 0) is 6.42 Å². The van der Waals surface area contributed by atoms with Crippen LogP contribution in [-0.2, 0) is 0 Å². The molecule has 1 unspecified atom stereocenters. The van der Waals surface area contributed by atoms with Gasteiger partial charge in [0.15, 0.2) is 0 Å². The minimum Gasteiger partial charge on any atom is -0.395 e. The first-order chi connectivity index (χ1) is 8.35. The topological polar surface area (TPSA) is 44.0 Å². The summed E-state index contributed by atoms with van der Waals surface area (Å²) in [6.07, 6.45) is 14.1. The normalized spacial score (nSPS) is 12.3. The third kappa shape index (κ3) is 11.7. The molecular weight excluding hydrogens is 210 g/mol. The fraction of sp³-hybridized carbons (Fsp3) is 0.933. The molecule has 100 valence electrons. The van der Waals surface area contributed by atoms with Gasteiger partial charge in [0.1, 0.15) is 0 Å². The van der Waals surface area contributed by atoms with Crippen molar-refractivity contribution in [1.29, 1.82) is 5.26 Å². The molecular formula is C15H29NO. The van der Waals surface area contributed by atoms with Crippen LogP contribution in [0.3, 0.4) is 0 Å². The van der Waals surface area contributed by atoms with E-state index in [1.807, 2.05) is 0 Å². The zero-order valence-electron chi connectivity index (χ0n) is 11.5. The monoisotopic (exact) mass is 239 g/mol. The van der Waals surface area contributed by atoms with Gasteiger partial charge in [0.05, 0.1) is 18.6 Å². The summed E-state index contributed by atoms with van der Waals surface area (Å²) in [5, 5.41) is 17.5. The minimum absolute atomic E-state index is 0.0218. The molecule has 17 heavy (non-hydrogen) atoms. The quantitative estimate of drug-likeness (QED) is 0.512. The van der Waals surface area contributed by atoms with Crippen LogP contribution in [0.5, 0.6) is 0 Å². The maximum atomic E-state index is 8.85. The van der Waals surface area contributed by atoms with Crippen LogP contribution in [0.15, 0.2) is 0 Å². The van der Waals surface area contributed by atoms with E-state index >= 15 is 0 Å². The lowest BCUT2D eigenvalue weighted by Crippen LogP contribution is -2.02. The van der Waals surface area contributed by atoms with E-state index in [-0.39, 0.29) is 12.5 Å². The standard InChI is InChI=1S/C15H29NO/c1-2-3-4-5-6-7-8-9-10-11-12-15(13-16)14-17/h15,17H,2-12,14H2,1H3. The molecule has 0 spiro atoms. The van der Waals surface area contributed by atoms with Crippen LogP contribution in [-0.4, -0.2) is 11.7 Å². The Hall–Kier alpha value is -0.550. The Kier molecular flexibility index (Phi) is 13.1. The van der Waals surface area contributed by atoms with Crippen LogP contribution in [0.1, 0.15) is 77.6 Å². The second kappa shape index (κ2) is 13.5. The number of hydrogen-bond acceptors (Lipinski definition) is 2. The van der Waals surface area contributed by atoms with Gasteiger partial charge in [-0.15, -0.1) is 0 Å². The fourth-order valence-electron chi connectivity index (χ4n) is 2.07.